The number of carboxylic acids is 1. The molecule has 0 spiro atoms. The van der Waals surface area contributed by atoms with Crippen LogP contribution in [0.4, 0.5) is 5.13 Å². The number of ketones is 1. The summed E-state index contributed by atoms with van der Waals surface area (Å²) in [5.74, 6) is -1.50. The number of aromatic carboxylic acids is 1. The molecular weight excluding hydrogens is 294 g/mol. The maximum atomic E-state index is 11.5. The first-order valence-electron chi connectivity index (χ1n) is 6.75. The molecule has 2 rings (SSSR count). The van der Waals surface area contributed by atoms with E-state index in [1.165, 1.54) is 6.92 Å². The standard InChI is InChI=1S/C13H17N3O4S/c1-7(17)11-10(12(19)20)16-13(21-11)14-6-2-3-9(18)15-8-4-5-8/h8H,2-6H2,1H3,(H,14,16)(H,15,18)(H,19,20). The zero-order valence-corrected chi connectivity index (χ0v) is 12.5. The van der Waals surface area contributed by atoms with Crippen molar-refractivity contribution in [1.82, 2.24) is 10.3 Å². The molecule has 0 saturated heterocycles. The average Bonchev–Trinajstić information content (AvgIpc) is 3.10. The van der Waals surface area contributed by atoms with Crippen molar-refractivity contribution in [2.75, 3.05) is 11.9 Å². The smallest absolute Gasteiger partial charge is 0.356 e. The van der Waals surface area contributed by atoms with Gasteiger partial charge in [0.15, 0.2) is 16.6 Å². The first kappa shape index (κ1) is 15.4. The van der Waals surface area contributed by atoms with Crippen molar-refractivity contribution in [2.24, 2.45) is 0 Å². The van der Waals surface area contributed by atoms with Crippen LogP contribution >= 0.6 is 11.3 Å². The molecule has 1 saturated carbocycles. The molecule has 1 amide bonds. The summed E-state index contributed by atoms with van der Waals surface area (Å²) in [7, 11) is 0. The minimum absolute atomic E-state index is 0.0362. The Morgan fingerprint density at radius 1 is 1.38 bits per heavy atom. The number of amides is 1. The van der Waals surface area contributed by atoms with Crippen LogP contribution in [0.1, 0.15) is 52.8 Å². The van der Waals surface area contributed by atoms with E-state index in [0.29, 0.717) is 30.6 Å². The Morgan fingerprint density at radius 2 is 2.10 bits per heavy atom. The van der Waals surface area contributed by atoms with Crippen LogP contribution in [-0.4, -0.2) is 40.3 Å². The molecular formula is C13H17N3O4S. The summed E-state index contributed by atoms with van der Waals surface area (Å²) < 4.78 is 0. The zero-order chi connectivity index (χ0) is 15.4. The number of carbonyl (C=O) groups is 3. The molecule has 0 unspecified atom stereocenters. The van der Waals surface area contributed by atoms with Gasteiger partial charge in [-0.25, -0.2) is 9.78 Å². The van der Waals surface area contributed by atoms with Crippen molar-refractivity contribution in [1.29, 1.82) is 0 Å². The van der Waals surface area contributed by atoms with Gasteiger partial charge in [-0.15, -0.1) is 0 Å². The third-order valence-electron chi connectivity index (χ3n) is 2.95. The van der Waals surface area contributed by atoms with Crippen molar-refractivity contribution in [3.05, 3.63) is 10.6 Å². The Bertz CT molecular complexity index is 534. The van der Waals surface area contributed by atoms with Crippen LogP contribution in [0.2, 0.25) is 0 Å². The predicted molar refractivity (Wildman–Crippen MR) is 78.0 cm³/mol. The Labute approximate surface area is 125 Å². The lowest BCUT2D eigenvalue weighted by Crippen LogP contribution is -2.25. The summed E-state index contributed by atoms with van der Waals surface area (Å²) in [5.41, 5.74) is -0.221. The Balaban J connectivity index is 1.79. The highest BCUT2D eigenvalue weighted by molar-refractivity contribution is 7.17. The van der Waals surface area contributed by atoms with E-state index >= 15 is 0 Å². The molecule has 3 N–H and O–H groups in total. The third kappa shape index (κ3) is 4.52. The molecule has 0 bridgehead atoms. The summed E-state index contributed by atoms with van der Waals surface area (Å²) in [6.07, 6.45) is 3.17. The fraction of sp³-hybridized carbons (Fsp3) is 0.538. The molecule has 7 nitrogen and oxygen atoms in total. The number of carbonyl (C=O) groups excluding carboxylic acids is 2. The molecule has 0 radical (unpaired) electrons. The number of Topliss-reactive ketones (excluding diaryl/α,β-unsaturated/α-hetero) is 1. The van der Waals surface area contributed by atoms with Crippen molar-refractivity contribution in [3.63, 3.8) is 0 Å². The van der Waals surface area contributed by atoms with E-state index in [2.05, 4.69) is 15.6 Å². The van der Waals surface area contributed by atoms with Gasteiger partial charge in [-0.05, 0) is 19.3 Å². The molecule has 1 aliphatic rings. The first-order valence-corrected chi connectivity index (χ1v) is 7.57. The van der Waals surface area contributed by atoms with Crippen molar-refractivity contribution < 1.29 is 19.5 Å². The number of nitrogens with zero attached hydrogens (tertiary/aromatic N) is 1. The molecule has 0 aromatic carbocycles. The molecule has 1 aromatic heterocycles. The molecule has 21 heavy (non-hydrogen) atoms. The second-order valence-corrected chi connectivity index (χ2v) is 5.93. The molecule has 8 heteroatoms. The van der Waals surface area contributed by atoms with Crippen LogP contribution < -0.4 is 10.6 Å². The minimum Gasteiger partial charge on any atom is -0.476 e. The van der Waals surface area contributed by atoms with Gasteiger partial charge in [-0.1, -0.05) is 11.3 Å². The van der Waals surface area contributed by atoms with Gasteiger partial charge in [-0.2, -0.15) is 0 Å². The lowest BCUT2D eigenvalue weighted by atomic mass is 10.3. The quantitative estimate of drug-likeness (QED) is 0.496. The molecule has 1 fully saturated rings. The summed E-state index contributed by atoms with van der Waals surface area (Å²) in [5, 5.41) is 15.2. The number of hydrogen-bond acceptors (Lipinski definition) is 6. The first-order chi connectivity index (χ1) is 9.97. The normalized spacial score (nSPS) is 13.8. The van der Waals surface area contributed by atoms with Crippen LogP contribution in [0, 0.1) is 0 Å². The third-order valence-corrected chi connectivity index (χ3v) is 4.06. The van der Waals surface area contributed by atoms with Crippen LogP contribution in [0.25, 0.3) is 0 Å². The SMILES string of the molecule is CC(=O)c1sc(NCCCC(=O)NC2CC2)nc1C(=O)O. The summed E-state index contributed by atoms with van der Waals surface area (Å²) >= 11 is 1.02. The van der Waals surface area contributed by atoms with Gasteiger partial charge < -0.3 is 15.7 Å². The number of thiazole rings is 1. The molecule has 0 aliphatic heterocycles. The van der Waals surface area contributed by atoms with Gasteiger partial charge >= 0.3 is 5.97 Å². The summed E-state index contributed by atoms with van der Waals surface area (Å²) in [6, 6.07) is 0.362. The number of carboxylic acid groups (broad SMARTS) is 1. The monoisotopic (exact) mass is 311 g/mol. The predicted octanol–water partition coefficient (Wildman–Crippen LogP) is 1.51. The summed E-state index contributed by atoms with van der Waals surface area (Å²) in [6.45, 7) is 1.81. The van der Waals surface area contributed by atoms with E-state index < -0.39 is 5.97 Å². The van der Waals surface area contributed by atoms with E-state index in [9.17, 15) is 14.4 Å². The fourth-order valence-electron chi connectivity index (χ4n) is 1.75. The van der Waals surface area contributed by atoms with Crippen molar-refractivity contribution in [2.45, 2.75) is 38.6 Å². The topological polar surface area (TPSA) is 108 Å². The number of nitrogens with one attached hydrogen (secondary N) is 2. The highest BCUT2D eigenvalue weighted by Gasteiger charge is 2.23. The summed E-state index contributed by atoms with van der Waals surface area (Å²) in [4.78, 5) is 37.8. The van der Waals surface area contributed by atoms with E-state index in [1.54, 1.807) is 0 Å². The zero-order valence-electron chi connectivity index (χ0n) is 11.6. The van der Waals surface area contributed by atoms with E-state index in [-0.39, 0.29) is 22.3 Å². The van der Waals surface area contributed by atoms with Crippen LogP contribution in [0.3, 0.4) is 0 Å². The Hall–Kier alpha value is -1.96. The minimum atomic E-state index is -1.21. The van der Waals surface area contributed by atoms with Gasteiger partial charge in [0.25, 0.3) is 0 Å². The van der Waals surface area contributed by atoms with Crippen LogP contribution in [-0.2, 0) is 4.79 Å². The lowest BCUT2D eigenvalue weighted by molar-refractivity contribution is -0.121. The highest BCUT2D eigenvalue weighted by Crippen LogP contribution is 2.23. The Morgan fingerprint density at radius 3 is 2.62 bits per heavy atom. The van der Waals surface area contributed by atoms with Crippen molar-refractivity contribution in [3.8, 4) is 0 Å². The maximum Gasteiger partial charge on any atom is 0.356 e. The fourth-order valence-corrected chi connectivity index (χ4v) is 2.63. The molecule has 1 aromatic rings. The maximum absolute atomic E-state index is 11.5. The van der Waals surface area contributed by atoms with E-state index in [4.69, 9.17) is 5.11 Å². The largest absolute Gasteiger partial charge is 0.476 e. The lowest BCUT2D eigenvalue weighted by Gasteiger charge is -2.03. The molecule has 114 valence electrons. The average molecular weight is 311 g/mol. The number of aromatic nitrogens is 1. The molecule has 0 atom stereocenters. The van der Waals surface area contributed by atoms with Gasteiger partial charge in [0, 0.05) is 25.9 Å². The van der Waals surface area contributed by atoms with Crippen LogP contribution in [0.15, 0.2) is 0 Å². The second kappa shape index (κ2) is 6.66. The molecule has 1 aliphatic carbocycles. The Kier molecular flexibility index (Phi) is 4.89. The van der Waals surface area contributed by atoms with Crippen molar-refractivity contribution >= 4 is 34.1 Å². The van der Waals surface area contributed by atoms with E-state index in [1.807, 2.05) is 0 Å². The second-order valence-electron chi connectivity index (χ2n) is 4.93. The van der Waals surface area contributed by atoms with Gasteiger partial charge in [0.1, 0.15) is 4.88 Å². The molecule has 1 heterocycles. The van der Waals surface area contributed by atoms with Gasteiger partial charge in [0.2, 0.25) is 5.91 Å². The van der Waals surface area contributed by atoms with Gasteiger partial charge in [0.05, 0.1) is 0 Å². The number of hydrogen-bond donors (Lipinski definition) is 3. The highest BCUT2D eigenvalue weighted by atomic mass is 32.1. The van der Waals surface area contributed by atoms with Gasteiger partial charge in [-0.3, -0.25) is 9.59 Å². The number of anilines is 1. The van der Waals surface area contributed by atoms with Crippen LogP contribution in [0.5, 0.6) is 0 Å². The van der Waals surface area contributed by atoms with E-state index in [0.717, 1.165) is 24.2 Å². The number of rotatable bonds is 8.